The fourth-order valence-electron chi connectivity index (χ4n) is 1.32. The second-order valence-corrected chi connectivity index (χ2v) is 7.08. The van der Waals surface area contributed by atoms with Gasteiger partial charge in [0.05, 0.1) is 16.7 Å². The first-order valence-electron chi connectivity index (χ1n) is 7.16. The molecular weight excluding hydrogens is 350 g/mol. The number of azo groups is 1. The quantitative estimate of drug-likeness (QED) is 0.716. The number of nitrogens with one attached hydrogen (secondary N) is 1. The molecule has 0 aromatic carbocycles. The van der Waals surface area contributed by atoms with Gasteiger partial charge in [0.2, 0.25) is 5.88 Å². The molecule has 1 rings (SSSR count). The number of hydrogen-bond acceptors (Lipinski definition) is 7. The number of halogens is 1. The Morgan fingerprint density at radius 2 is 2.09 bits per heavy atom. The van der Waals surface area contributed by atoms with Gasteiger partial charge in [-0.1, -0.05) is 0 Å². The molecular formula is C14H24BrN5O2. The molecule has 0 amide bonds. The van der Waals surface area contributed by atoms with Gasteiger partial charge in [-0.2, -0.15) is 10.1 Å². The van der Waals surface area contributed by atoms with Crippen LogP contribution in [0.2, 0.25) is 0 Å². The number of ether oxygens (including phenoxy) is 1. The third-order valence-corrected chi connectivity index (χ3v) is 2.90. The summed E-state index contributed by atoms with van der Waals surface area (Å²) in [6.45, 7) is 10.5. The normalized spacial score (nSPS) is 13.8. The van der Waals surface area contributed by atoms with Gasteiger partial charge in [0, 0.05) is 12.1 Å². The predicted molar refractivity (Wildman–Crippen MR) is 88.6 cm³/mol. The summed E-state index contributed by atoms with van der Waals surface area (Å²) in [4.78, 5) is 8.19. The summed E-state index contributed by atoms with van der Waals surface area (Å²) in [7, 11) is 0. The lowest BCUT2D eigenvalue weighted by Gasteiger charge is -2.22. The maximum Gasteiger partial charge on any atom is 0.271 e. The second kappa shape index (κ2) is 8.50. The largest absolute Gasteiger partial charge is 0.474 e. The van der Waals surface area contributed by atoms with Crippen LogP contribution in [0.15, 0.2) is 20.9 Å². The molecule has 1 aromatic rings. The fourth-order valence-corrected chi connectivity index (χ4v) is 1.62. The van der Waals surface area contributed by atoms with Crippen LogP contribution in [0.3, 0.4) is 0 Å². The minimum absolute atomic E-state index is 0.0547. The SMILES string of the molecule is CC(C)N=Nc1ncc(Br)c(OCC(O)CNC(C)(C)C)n1. The first-order valence-corrected chi connectivity index (χ1v) is 7.96. The highest BCUT2D eigenvalue weighted by Gasteiger charge is 2.14. The molecule has 0 saturated heterocycles. The van der Waals surface area contributed by atoms with Gasteiger partial charge in [-0.3, -0.25) is 0 Å². The number of nitrogens with zero attached hydrogens (tertiary/aromatic N) is 4. The highest BCUT2D eigenvalue weighted by atomic mass is 79.9. The van der Waals surface area contributed by atoms with E-state index in [4.69, 9.17) is 4.74 Å². The van der Waals surface area contributed by atoms with Gasteiger partial charge in [0.15, 0.2) is 0 Å². The molecule has 7 nitrogen and oxygen atoms in total. The van der Waals surface area contributed by atoms with Crippen molar-refractivity contribution in [3.05, 3.63) is 10.7 Å². The van der Waals surface area contributed by atoms with Crippen LogP contribution in [0.4, 0.5) is 5.95 Å². The molecule has 0 aliphatic carbocycles. The van der Waals surface area contributed by atoms with Crippen molar-refractivity contribution in [1.82, 2.24) is 15.3 Å². The van der Waals surface area contributed by atoms with Gasteiger partial charge in [-0.25, -0.2) is 4.98 Å². The van der Waals surface area contributed by atoms with E-state index in [1.807, 2.05) is 34.6 Å². The van der Waals surface area contributed by atoms with Crippen molar-refractivity contribution in [3.8, 4) is 5.88 Å². The average Bonchev–Trinajstić information content (AvgIpc) is 2.42. The van der Waals surface area contributed by atoms with Gasteiger partial charge in [0.1, 0.15) is 12.7 Å². The zero-order valence-electron chi connectivity index (χ0n) is 13.7. The van der Waals surface area contributed by atoms with E-state index >= 15 is 0 Å². The van der Waals surface area contributed by atoms with Gasteiger partial charge in [0.25, 0.3) is 5.95 Å². The number of β-amino-alcohol motifs (C(OH)–C–C–N with tert-alkyl or cyclic N) is 1. The van der Waals surface area contributed by atoms with E-state index < -0.39 is 6.10 Å². The average molecular weight is 374 g/mol. The van der Waals surface area contributed by atoms with Crippen LogP contribution in [-0.2, 0) is 0 Å². The smallest absolute Gasteiger partial charge is 0.271 e. The molecule has 0 radical (unpaired) electrons. The Bertz CT molecular complexity index is 502. The third-order valence-electron chi connectivity index (χ3n) is 2.36. The summed E-state index contributed by atoms with van der Waals surface area (Å²) in [6, 6.07) is 0.0712. The number of aliphatic hydroxyl groups is 1. The lowest BCUT2D eigenvalue weighted by Crippen LogP contribution is -2.42. The molecule has 124 valence electrons. The summed E-state index contributed by atoms with van der Waals surface area (Å²) < 4.78 is 6.13. The topological polar surface area (TPSA) is 92.0 Å². The zero-order valence-corrected chi connectivity index (χ0v) is 15.3. The first-order chi connectivity index (χ1) is 10.2. The Morgan fingerprint density at radius 1 is 1.41 bits per heavy atom. The minimum atomic E-state index is -0.637. The lowest BCUT2D eigenvalue weighted by atomic mass is 10.1. The molecule has 0 bridgehead atoms. The van der Waals surface area contributed by atoms with Crippen LogP contribution < -0.4 is 10.1 Å². The maximum absolute atomic E-state index is 9.92. The van der Waals surface area contributed by atoms with E-state index in [9.17, 15) is 5.11 Å². The van der Waals surface area contributed by atoms with Crippen LogP contribution in [0, 0.1) is 0 Å². The minimum Gasteiger partial charge on any atom is -0.474 e. The van der Waals surface area contributed by atoms with E-state index in [2.05, 4.69) is 41.4 Å². The van der Waals surface area contributed by atoms with Crippen LogP contribution in [-0.4, -0.2) is 45.9 Å². The van der Waals surface area contributed by atoms with E-state index in [0.29, 0.717) is 16.9 Å². The Balaban J connectivity index is 2.59. The monoisotopic (exact) mass is 373 g/mol. The van der Waals surface area contributed by atoms with Crippen LogP contribution in [0.1, 0.15) is 34.6 Å². The van der Waals surface area contributed by atoms with Crippen molar-refractivity contribution in [3.63, 3.8) is 0 Å². The van der Waals surface area contributed by atoms with Crippen LogP contribution in [0.25, 0.3) is 0 Å². The molecule has 22 heavy (non-hydrogen) atoms. The Hall–Kier alpha value is -1.12. The molecule has 0 fully saturated rings. The fraction of sp³-hybridized carbons (Fsp3) is 0.714. The van der Waals surface area contributed by atoms with E-state index in [1.54, 1.807) is 6.20 Å². The van der Waals surface area contributed by atoms with Crippen molar-refractivity contribution < 1.29 is 9.84 Å². The van der Waals surface area contributed by atoms with Crippen LogP contribution in [0.5, 0.6) is 5.88 Å². The van der Waals surface area contributed by atoms with Gasteiger partial charge in [-0.05, 0) is 50.5 Å². The molecule has 8 heteroatoms. The molecule has 1 unspecified atom stereocenters. The Morgan fingerprint density at radius 3 is 2.68 bits per heavy atom. The lowest BCUT2D eigenvalue weighted by molar-refractivity contribution is 0.0973. The molecule has 2 N–H and O–H groups in total. The summed E-state index contributed by atoms with van der Waals surface area (Å²) in [5, 5.41) is 21.0. The number of aliphatic hydroxyl groups excluding tert-OH is 1. The standard InChI is InChI=1S/C14H24BrN5O2/c1-9(2)19-20-13-16-7-11(15)12(18-13)22-8-10(21)6-17-14(3,4)5/h7,9-10,17,21H,6,8H2,1-5H3. The van der Waals surface area contributed by atoms with Crippen molar-refractivity contribution in [2.45, 2.75) is 52.3 Å². The van der Waals surface area contributed by atoms with E-state index in [0.717, 1.165) is 0 Å². The van der Waals surface area contributed by atoms with Crippen LogP contribution >= 0.6 is 15.9 Å². The summed E-state index contributed by atoms with van der Waals surface area (Å²) in [5.74, 6) is 0.566. The van der Waals surface area contributed by atoms with Crippen molar-refractivity contribution >= 4 is 21.9 Å². The number of rotatable bonds is 7. The molecule has 1 heterocycles. The van der Waals surface area contributed by atoms with Gasteiger partial charge in [-0.15, -0.1) is 5.11 Å². The molecule has 0 aliphatic heterocycles. The third kappa shape index (κ3) is 7.77. The molecule has 1 atom stereocenters. The summed E-state index contributed by atoms with van der Waals surface area (Å²) in [6.07, 6.45) is 0.915. The van der Waals surface area contributed by atoms with Crippen molar-refractivity contribution in [1.29, 1.82) is 0 Å². The molecule has 0 spiro atoms. The maximum atomic E-state index is 9.92. The highest BCUT2D eigenvalue weighted by Crippen LogP contribution is 2.23. The number of aromatic nitrogens is 2. The predicted octanol–water partition coefficient (Wildman–Crippen LogP) is 2.86. The molecule has 0 saturated carbocycles. The second-order valence-electron chi connectivity index (χ2n) is 6.23. The Kier molecular flexibility index (Phi) is 7.31. The van der Waals surface area contributed by atoms with E-state index in [1.165, 1.54) is 0 Å². The molecule has 0 aliphatic rings. The van der Waals surface area contributed by atoms with Crippen molar-refractivity contribution in [2.75, 3.05) is 13.2 Å². The zero-order chi connectivity index (χ0) is 16.8. The number of hydrogen-bond donors (Lipinski definition) is 2. The Labute approximate surface area is 139 Å². The summed E-state index contributed by atoms with van der Waals surface area (Å²) >= 11 is 3.31. The van der Waals surface area contributed by atoms with Gasteiger partial charge >= 0.3 is 0 Å². The highest BCUT2D eigenvalue weighted by molar-refractivity contribution is 9.10. The first kappa shape index (κ1) is 18.9. The van der Waals surface area contributed by atoms with Gasteiger partial charge < -0.3 is 15.2 Å². The van der Waals surface area contributed by atoms with Crippen molar-refractivity contribution in [2.24, 2.45) is 10.2 Å². The molecule has 1 aromatic heterocycles. The summed E-state index contributed by atoms with van der Waals surface area (Å²) in [5.41, 5.74) is -0.0547. The van der Waals surface area contributed by atoms with E-state index in [-0.39, 0.29) is 24.1 Å².